The molecule has 1 heterocycles. The number of nitrogens with zero attached hydrogens (tertiary/aromatic N) is 3. The van der Waals surface area contributed by atoms with Gasteiger partial charge in [0.15, 0.2) is 0 Å². The smallest absolute Gasteiger partial charge is 0.205 e. The molecule has 0 aliphatic heterocycles. The maximum atomic E-state index is 5.49. The first-order valence-corrected chi connectivity index (χ1v) is 5.77. The van der Waals surface area contributed by atoms with Gasteiger partial charge in [0.25, 0.3) is 0 Å². The zero-order valence-corrected chi connectivity index (χ0v) is 9.35. The second-order valence-corrected chi connectivity index (χ2v) is 4.65. The van der Waals surface area contributed by atoms with E-state index in [1.54, 1.807) is 6.33 Å². The molecule has 1 aromatic heterocycles. The number of anilines is 1. The molecule has 2 N–H and O–H groups in total. The Hall–Kier alpha value is -0.750. The molecule has 0 saturated heterocycles. The Morgan fingerprint density at radius 3 is 3.00 bits per heavy atom. The molecule has 1 aliphatic rings. The molecule has 0 bridgehead atoms. The Labute approximate surface area is 92.3 Å². The zero-order valence-electron chi connectivity index (χ0n) is 7.72. The number of rotatable bonds is 5. The summed E-state index contributed by atoms with van der Waals surface area (Å²) in [5, 5.41) is 0.990. The van der Waals surface area contributed by atoms with Crippen LogP contribution in [0.3, 0.4) is 0 Å². The highest BCUT2D eigenvalue weighted by Crippen LogP contribution is 2.31. The van der Waals surface area contributed by atoms with Gasteiger partial charge in [-0.25, -0.2) is 4.98 Å². The van der Waals surface area contributed by atoms with Gasteiger partial charge in [0.2, 0.25) is 5.13 Å². The van der Waals surface area contributed by atoms with E-state index in [0.717, 1.165) is 18.1 Å². The molecule has 6 heteroatoms. The highest BCUT2D eigenvalue weighted by atomic mass is 32.1. The average Bonchev–Trinajstić information content (AvgIpc) is 2.81. The topological polar surface area (TPSA) is 55.0 Å². The molecule has 1 fully saturated rings. The molecule has 4 nitrogen and oxygen atoms in total. The summed E-state index contributed by atoms with van der Waals surface area (Å²) in [5.41, 5.74) is 5.49. The summed E-state index contributed by atoms with van der Waals surface area (Å²) in [5.74, 6) is 0. The van der Waals surface area contributed by atoms with E-state index >= 15 is 0 Å². The van der Waals surface area contributed by atoms with E-state index in [2.05, 4.69) is 14.3 Å². The predicted octanol–water partition coefficient (Wildman–Crippen LogP) is 1.18. The monoisotopic (exact) mass is 228 g/mol. The van der Waals surface area contributed by atoms with E-state index in [9.17, 15) is 0 Å². The van der Waals surface area contributed by atoms with Crippen LogP contribution in [0.4, 0.5) is 5.13 Å². The summed E-state index contributed by atoms with van der Waals surface area (Å²) in [6.45, 7) is 0.870. The Balaban J connectivity index is 1.97. The van der Waals surface area contributed by atoms with Crippen molar-refractivity contribution in [2.45, 2.75) is 25.3 Å². The van der Waals surface area contributed by atoms with Crippen molar-refractivity contribution in [1.29, 1.82) is 0 Å². The van der Waals surface area contributed by atoms with Crippen molar-refractivity contribution in [3.63, 3.8) is 0 Å². The Morgan fingerprint density at radius 2 is 2.50 bits per heavy atom. The lowest BCUT2D eigenvalue weighted by Gasteiger charge is -2.20. The summed E-state index contributed by atoms with van der Waals surface area (Å²) in [7, 11) is 0. The maximum absolute atomic E-state index is 5.49. The van der Waals surface area contributed by atoms with Crippen molar-refractivity contribution >= 4 is 33.9 Å². The molecule has 14 heavy (non-hydrogen) atoms. The summed E-state index contributed by atoms with van der Waals surface area (Å²) in [4.78, 5) is 7.04. The van der Waals surface area contributed by atoms with Crippen LogP contribution in [0.5, 0.6) is 0 Å². The van der Waals surface area contributed by atoms with Gasteiger partial charge in [0.1, 0.15) is 6.33 Å². The first kappa shape index (κ1) is 9.79. The number of aromatic nitrogens is 2. The van der Waals surface area contributed by atoms with Crippen molar-refractivity contribution in [2.24, 2.45) is 5.73 Å². The first-order chi connectivity index (χ1) is 6.77. The summed E-state index contributed by atoms with van der Waals surface area (Å²) < 4.78 is 4.01. The number of nitrogens with two attached hydrogens (primary N) is 1. The van der Waals surface area contributed by atoms with Crippen LogP contribution in [0, 0.1) is 0 Å². The third-order valence-corrected chi connectivity index (χ3v) is 3.09. The third-order valence-electron chi connectivity index (χ3n) is 2.18. The van der Waals surface area contributed by atoms with Crippen LogP contribution in [-0.2, 0) is 0 Å². The fraction of sp³-hybridized carbons (Fsp3) is 0.625. The molecule has 76 valence electrons. The van der Waals surface area contributed by atoms with Crippen molar-refractivity contribution < 1.29 is 0 Å². The van der Waals surface area contributed by atoms with Gasteiger partial charge in [-0.3, -0.25) is 0 Å². The fourth-order valence-corrected chi connectivity index (χ4v) is 2.06. The van der Waals surface area contributed by atoms with Crippen molar-refractivity contribution in [1.82, 2.24) is 9.36 Å². The van der Waals surface area contributed by atoms with E-state index in [4.69, 9.17) is 18.0 Å². The molecule has 1 saturated carbocycles. The lowest BCUT2D eigenvalue weighted by Crippen LogP contribution is -2.29. The van der Waals surface area contributed by atoms with Crippen LogP contribution in [0.25, 0.3) is 0 Å². The van der Waals surface area contributed by atoms with Crippen molar-refractivity contribution in [3.8, 4) is 0 Å². The number of thiocarbonyl (C=S) groups is 1. The Morgan fingerprint density at radius 1 is 1.71 bits per heavy atom. The second kappa shape index (κ2) is 4.18. The van der Waals surface area contributed by atoms with E-state index in [-0.39, 0.29) is 0 Å². The van der Waals surface area contributed by atoms with Gasteiger partial charge in [-0.2, -0.15) is 4.37 Å². The number of hydrogen-bond acceptors (Lipinski definition) is 5. The third kappa shape index (κ3) is 2.39. The number of hydrogen-bond donors (Lipinski definition) is 1. The van der Waals surface area contributed by atoms with Crippen LogP contribution >= 0.6 is 23.8 Å². The predicted molar refractivity (Wildman–Crippen MR) is 61.7 cm³/mol. The van der Waals surface area contributed by atoms with E-state index in [1.165, 1.54) is 24.4 Å². The van der Waals surface area contributed by atoms with Gasteiger partial charge < -0.3 is 10.6 Å². The minimum Gasteiger partial charge on any atom is -0.393 e. The van der Waals surface area contributed by atoms with E-state index in [0.29, 0.717) is 11.0 Å². The van der Waals surface area contributed by atoms with Crippen LogP contribution in [0.2, 0.25) is 0 Å². The normalized spacial score (nSPS) is 15.4. The van der Waals surface area contributed by atoms with Crippen molar-refractivity contribution in [3.05, 3.63) is 6.33 Å². The average molecular weight is 228 g/mol. The first-order valence-electron chi connectivity index (χ1n) is 4.59. The lowest BCUT2D eigenvalue weighted by atomic mass is 10.4. The molecule has 0 unspecified atom stereocenters. The molecule has 0 atom stereocenters. The van der Waals surface area contributed by atoms with E-state index in [1.807, 2.05) is 0 Å². The summed E-state index contributed by atoms with van der Waals surface area (Å²) >= 11 is 6.30. The van der Waals surface area contributed by atoms with Gasteiger partial charge in [-0.15, -0.1) is 0 Å². The Bertz CT molecular complexity index is 307. The molecule has 0 radical (unpaired) electrons. The van der Waals surface area contributed by atoms with Gasteiger partial charge in [-0.1, -0.05) is 12.2 Å². The SMILES string of the molecule is NC(=S)CCN(c1ncns1)C1CC1. The highest BCUT2D eigenvalue weighted by Gasteiger charge is 2.30. The summed E-state index contributed by atoms with van der Waals surface area (Å²) in [6, 6.07) is 0.636. The molecule has 1 aliphatic carbocycles. The lowest BCUT2D eigenvalue weighted by molar-refractivity contribution is 0.797. The standard InChI is InChI=1S/C8H12N4S2/c9-7(13)3-4-12(6-1-2-6)8-10-5-11-14-8/h5-6H,1-4H2,(H2,9,13). The molecule has 2 rings (SSSR count). The zero-order chi connectivity index (χ0) is 9.97. The minimum absolute atomic E-state index is 0.570. The quantitative estimate of drug-likeness (QED) is 0.767. The van der Waals surface area contributed by atoms with Gasteiger partial charge in [0, 0.05) is 30.5 Å². The molecule has 0 spiro atoms. The van der Waals surface area contributed by atoms with Gasteiger partial charge in [-0.05, 0) is 12.8 Å². The molecule has 0 aromatic carbocycles. The largest absolute Gasteiger partial charge is 0.393 e. The van der Waals surface area contributed by atoms with Crippen LogP contribution in [0.1, 0.15) is 19.3 Å². The molecular weight excluding hydrogens is 216 g/mol. The van der Waals surface area contributed by atoms with Crippen molar-refractivity contribution in [2.75, 3.05) is 11.4 Å². The molecule has 1 aromatic rings. The fourth-order valence-electron chi connectivity index (χ4n) is 1.35. The van der Waals surface area contributed by atoms with Crippen LogP contribution < -0.4 is 10.6 Å². The minimum atomic E-state index is 0.570. The maximum Gasteiger partial charge on any atom is 0.205 e. The van der Waals surface area contributed by atoms with Crippen LogP contribution in [0.15, 0.2) is 6.33 Å². The molecule has 0 amide bonds. The second-order valence-electron chi connectivity index (χ2n) is 3.36. The van der Waals surface area contributed by atoms with Crippen LogP contribution in [-0.4, -0.2) is 26.9 Å². The molecular formula is C8H12N4S2. The van der Waals surface area contributed by atoms with Gasteiger partial charge >= 0.3 is 0 Å². The highest BCUT2D eigenvalue weighted by molar-refractivity contribution is 7.80. The summed E-state index contributed by atoms with van der Waals surface area (Å²) in [6.07, 6.45) is 4.84. The Kier molecular flexibility index (Phi) is 2.93. The van der Waals surface area contributed by atoms with E-state index < -0.39 is 0 Å². The van der Waals surface area contributed by atoms with Gasteiger partial charge in [0.05, 0.1) is 4.99 Å².